The van der Waals surface area contributed by atoms with Gasteiger partial charge in [0.2, 0.25) is 0 Å². The molecule has 0 saturated carbocycles. The molecule has 2 heterocycles. The molecule has 0 bridgehead atoms. The first-order chi connectivity index (χ1) is 9.72. The van der Waals surface area contributed by atoms with Gasteiger partial charge in [0.15, 0.2) is 0 Å². The van der Waals surface area contributed by atoms with E-state index in [0.717, 1.165) is 31.2 Å². The van der Waals surface area contributed by atoms with E-state index in [1.54, 1.807) is 23.4 Å². The Morgan fingerprint density at radius 2 is 2.30 bits per heavy atom. The van der Waals surface area contributed by atoms with E-state index in [-0.39, 0.29) is 6.04 Å². The number of nitrogens with one attached hydrogen (secondary N) is 1. The molecular formula is C15H21N3O2. The van der Waals surface area contributed by atoms with Crippen LogP contribution in [0.1, 0.15) is 38.2 Å². The van der Waals surface area contributed by atoms with Crippen molar-refractivity contribution < 1.29 is 9.59 Å². The van der Waals surface area contributed by atoms with Crippen molar-refractivity contribution in [2.24, 2.45) is 0 Å². The van der Waals surface area contributed by atoms with Crippen LogP contribution >= 0.6 is 0 Å². The lowest BCUT2D eigenvalue weighted by molar-refractivity contribution is -0.148. The van der Waals surface area contributed by atoms with Crippen molar-refractivity contribution in [1.82, 2.24) is 15.2 Å². The number of rotatable bonds is 3. The Bertz CT molecular complexity index is 461. The second-order valence-corrected chi connectivity index (χ2v) is 5.10. The van der Waals surface area contributed by atoms with Crippen LogP contribution in [0.4, 0.5) is 0 Å². The average Bonchev–Trinajstić information content (AvgIpc) is 2.52. The highest BCUT2D eigenvalue weighted by Crippen LogP contribution is 2.19. The highest BCUT2D eigenvalue weighted by molar-refractivity contribution is 6.35. The average molecular weight is 275 g/mol. The van der Waals surface area contributed by atoms with Crippen molar-refractivity contribution in [2.75, 3.05) is 6.54 Å². The lowest BCUT2D eigenvalue weighted by atomic mass is 10.00. The molecule has 0 aliphatic carbocycles. The standard InChI is InChI=1S/C15H21N3O2/c1-2-13-7-3-4-9-18(13)15(20)14(19)17-11-12-6-5-8-16-10-12/h5-6,8,10,13H,2-4,7,9,11H2,1H3,(H,17,19). The molecule has 0 spiro atoms. The maximum absolute atomic E-state index is 12.2. The molecule has 1 aliphatic rings. The summed E-state index contributed by atoms with van der Waals surface area (Å²) in [6.45, 7) is 3.09. The molecule has 108 valence electrons. The van der Waals surface area contributed by atoms with Gasteiger partial charge in [-0.25, -0.2) is 0 Å². The Kier molecular flexibility index (Phi) is 5.09. The molecule has 1 fully saturated rings. The number of nitrogens with zero attached hydrogens (tertiary/aromatic N) is 2. The summed E-state index contributed by atoms with van der Waals surface area (Å²) < 4.78 is 0. The molecule has 0 radical (unpaired) electrons. The number of hydrogen-bond donors (Lipinski definition) is 1. The molecular weight excluding hydrogens is 254 g/mol. The van der Waals surface area contributed by atoms with E-state index in [4.69, 9.17) is 0 Å². The number of likely N-dealkylation sites (tertiary alicyclic amines) is 1. The summed E-state index contributed by atoms with van der Waals surface area (Å²) >= 11 is 0. The van der Waals surface area contributed by atoms with Gasteiger partial charge in [-0.3, -0.25) is 14.6 Å². The van der Waals surface area contributed by atoms with E-state index < -0.39 is 11.8 Å². The predicted molar refractivity (Wildman–Crippen MR) is 75.7 cm³/mol. The highest BCUT2D eigenvalue weighted by Gasteiger charge is 2.29. The largest absolute Gasteiger partial charge is 0.344 e. The van der Waals surface area contributed by atoms with E-state index in [1.165, 1.54) is 0 Å². The summed E-state index contributed by atoms with van der Waals surface area (Å²) in [5, 5.41) is 2.67. The summed E-state index contributed by atoms with van der Waals surface area (Å²) in [5.41, 5.74) is 0.888. The van der Waals surface area contributed by atoms with Gasteiger partial charge in [-0.15, -0.1) is 0 Å². The maximum Gasteiger partial charge on any atom is 0.312 e. The van der Waals surface area contributed by atoms with Gasteiger partial charge in [-0.2, -0.15) is 0 Å². The topological polar surface area (TPSA) is 62.3 Å². The van der Waals surface area contributed by atoms with Gasteiger partial charge in [0.25, 0.3) is 0 Å². The molecule has 0 aromatic carbocycles. The SMILES string of the molecule is CCC1CCCCN1C(=O)C(=O)NCc1cccnc1. The molecule has 1 N–H and O–H groups in total. The van der Waals surface area contributed by atoms with E-state index in [0.29, 0.717) is 13.1 Å². The quantitative estimate of drug-likeness (QED) is 0.850. The smallest absolute Gasteiger partial charge is 0.312 e. The van der Waals surface area contributed by atoms with Crippen LogP contribution in [0, 0.1) is 0 Å². The van der Waals surface area contributed by atoms with Gasteiger partial charge in [0.05, 0.1) is 0 Å². The summed E-state index contributed by atoms with van der Waals surface area (Å²) in [6.07, 6.45) is 7.38. The minimum Gasteiger partial charge on any atom is -0.344 e. The number of pyridine rings is 1. The zero-order valence-electron chi connectivity index (χ0n) is 11.8. The van der Waals surface area contributed by atoms with Gasteiger partial charge in [-0.1, -0.05) is 13.0 Å². The molecule has 5 heteroatoms. The van der Waals surface area contributed by atoms with E-state index in [1.807, 2.05) is 6.07 Å². The minimum atomic E-state index is -0.519. The first-order valence-corrected chi connectivity index (χ1v) is 7.20. The fraction of sp³-hybridized carbons (Fsp3) is 0.533. The van der Waals surface area contributed by atoms with Crippen molar-refractivity contribution in [3.05, 3.63) is 30.1 Å². The van der Waals surface area contributed by atoms with Gasteiger partial charge in [-0.05, 0) is 37.3 Å². The van der Waals surface area contributed by atoms with Crippen LogP contribution < -0.4 is 5.32 Å². The molecule has 1 aromatic rings. The number of aromatic nitrogens is 1. The lowest BCUT2D eigenvalue weighted by Gasteiger charge is -2.34. The van der Waals surface area contributed by atoms with Crippen LogP contribution in [0.2, 0.25) is 0 Å². The van der Waals surface area contributed by atoms with Crippen molar-refractivity contribution in [1.29, 1.82) is 0 Å². The van der Waals surface area contributed by atoms with Gasteiger partial charge in [0, 0.05) is 31.5 Å². The van der Waals surface area contributed by atoms with Crippen LogP contribution in [-0.2, 0) is 16.1 Å². The minimum absolute atomic E-state index is 0.209. The molecule has 20 heavy (non-hydrogen) atoms. The molecule has 1 aromatic heterocycles. The fourth-order valence-electron chi connectivity index (χ4n) is 2.58. The van der Waals surface area contributed by atoms with E-state index in [9.17, 15) is 9.59 Å². The third-order valence-corrected chi connectivity index (χ3v) is 3.73. The third kappa shape index (κ3) is 3.56. The lowest BCUT2D eigenvalue weighted by Crippen LogP contribution is -2.49. The van der Waals surface area contributed by atoms with Crippen molar-refractivity contribution in [2.45, 2.75) is 45.2 Å². The Balaban J connectivity index is 1.89. The second kappa shape index (κ2) is 7.03. The van der Waals surface area contributed by atoms with Crippen LogP contribution in [-0.4, -0.2) is 34.3 Å². The molecule has 1 unspecified atom stereocenters. The number of hydrogen-bond acceptors (Lipinski definition) is 3. The predicted octanol–water partition coefficient (Wildman–Crippen LogP) is 1.49. The number of amides is 2. The van der Waals surface area contributed by atoms with E-state index >= 15 is 0 Å². The van der Waals surface area contributed by atoms with Crippen LogP contribution in [0.25, 0.3) is 0 Å². The van der Waals surface area contributed by atoms with Crippen molar-refractivity contribution >= 4 is 11.8 Å². The summed E-state index contributed by atoms with van der Waals surface area (Å²) in [4.78, 5) is 29.8. The zero-order valence-corrected chi connectivity index (χ0v) is 11.8. The summed E-state index contributed by atoms with van der Waals surface area (Å²) in [6, 6.07) is 3.88. The molecule has 1 atom stereocenters. The Morgan fingerprint density at radius 1 is 1.45 bits per heavy atom. The monoisotopic (exact) mass is 275 g/mol. The molecule has 5 nitrogen and oxygen atoms in total. The Hall–Kier alpha value is -1.91. The first-order valence-electron chi connectivity index (χ1n) is 7.20. The fourth-order valence-corrected chi connectivity index (χ4v) is 2.58. The summed E-state index contributed by atoms with van der Waals surface area (Å²) in [7, 11) is 0. The van der Waals surface area contributed by atoms with E-state index in [2.05, 4.69) is 17.2 Å². The Morgan fingerprint density at radius 3 is 3.00 bits per heavy atom. The van der Waals surface area contributed by atoms with Crippen LogP contribution in [0.5, 0.6) is 0 Å². The first kappa shape index (κ1) is 14.5. The Labute approximate surface area is 119 Å². The number of carbonyl (C=O) groups excluding carboxylic acids is 2. The number of carbonyl (C=O) groups is 2. The normalized spacial score (nSPS) is 18.6. The maximum atomic E-state index is 12.2. The van der Waals surface area contributed by atoms with Gasteiger partial charge in [0.1, 0.15) is 0 Å². The highest BCUT2D eigenvalue weighted by atomic mass is 16.2. The molecule has 1 aliphatic heterocycles. The molecule has 2 rings (SSSR count). The summed E-state index contributed by atoms with van der Waals surface area (Å²) in [5.74, 6) is -0.922. The van der Waals surface area contributed by atoms with Gasteiger partial charge >= 0.3 is 11.8 Å². The van der Waals surface area contributed by atoms with Crippen LogP contribution in [0.3, 0.4) is 0 Å². The zero-order chi connectivity index (χ0) is 14.4. The van der Waals surface area contributed by atoms with Crippen LogP contribution in [0.15, 0.2) is 24.5 Å². The van der Waals surface area contributed by atoms with Crippen molar-refractivity contribution in [3.63, 3.8) is 0 Å². The third-order valence-electron chi connectivity index (χ3n) is 3.73. The second-order valence-electron chi connectivity index (χ2n) is 5.10. The number of piperidine rings is 1. The molecule has 2 amide bonds. The molecule has 1 saturated heterocycles. The van der Waals surface area contributed by atoms with Gasteiger partial charge < -0.3 is 10.2 Å². The van der Waals surface area contributed by atoms with Crippen molar-refractivity contribution in [3.8, 4) is 0 Å².